The number of amidine groups is 1. The van der Waals surface area contributed by atoms with E-state index in [2.05, 4.69) is 28.3 Å². The number of hydrogen-bond acceptors (Lipinski definition) is 6. The normalized spacial score (nSPS) is 20.3. The second kappa shape index (κ2) is 8.96. The first-order valence-corrected chi connectivity index (χ1v) is 8.50. The summed E-state index contributed by atoms with van der Waals surface area (Å²) in [5, 5.41) is 27.1. The molecule has 0 amide bonds. The highest BCUT2D eigenvalue weighted by atomic mass is 32.2. The molecule has 1 rings (SSSR count). The molecule has 128 valence electrons. The van der Waals surface area contributed by atoms with Crippen LogP contribution in [0.3, 0.4) is 0 Å². The van der Waals surface area contributed by atoms with Gasteiger partial charge in [0.15, 0.2) is 10.7 Å². The molecule has 23 heavy (non-hydrogen) atoms. The molecular formula is C16H26N4O2S. The van der Waals surface area contributed by atoms with Crippen LogP contribution in [0, 0.1) is 11.3 Å². The maximum Gasteiger partial charge on any atom is 0.168 e. The predicted molar refractivity (Wildman–Crippen MR) is 95.3 cm³/mol. The van der Waals surface area contributed by atoms with Gasteiger partial charge >= 0.3 is 0 Å². The van der Waals surface area contributed by atoms with Gasteiger partial charge in [0, 0.05) is 25.1 Å². The van der Waals surface area contributed by atoms with Crippen LogP contribution in [-0.2, 0) is 4.74 Å². The van der Waals surface area contributed by atoms with E-state index < -0.39 is 11.1 Å². The maximum absolute atomic E-state index is 10.3. The van der Waals surface area contributed by atoms with E-state index in [0.29, 0.717) is 5.70 Å². The summed E-state index contributed by atoms with van der Waals surface area (Å²) >= 11 is 1.65. The van der Waals surface area contributed by atoms with Gasteiger partial charge < -0.3 is 20.5 Å². The third-order valence-electron chi connectivity index (χ3n) is 3.25. The van der Waals surface area contributed by atoms with Crippen molar-refractivity contribution in [2.45, 2.75) is 31.4 Å². The summed E-state index contributed by atoms with van der Waals surface area (Å²) in [6, 6.07) is 2.25. The van der Waals surface area contributed by atoms with Crippen molar-refractivity contribution in [2.24, 2.45) is 4.99 Å². The fourth-order valence-corrected chi connectivity index (χ4v) is 2.88. The van der Waals surface area contributed by atoms with Gasteiger partial charge in [-0.1, -0.05) is 24.4 Å². The fraction of sp³-hybridized carbons (Fsp3) is 0.625. The first-order chi connectivity index (χ1) is 10.9. The molecule has 7 heteroatoms. The van der Waals surface area contributed by atoms with Crippen molar-refractivity contribution >= 4 is 16.9 Å². The van der Waals surface area contributed by atoms with Gasteiger partial charge in [-0.15, -0.1) is 0 Å². The van der Waals surface area contributed by atoms with Crippen LogP contribution in [0.2, 0.25) is 0 Å². The second-order valence-corrected chi connectivity index (χ2v) is 6.96. The number of rotatable bonds is 8. The van der Waals surface area contributed by atoms with Crippen molar-refractivity contribution in [2.75, 3.05) is 32.6 Å². The van der Waals surface area contributed by atoms with Crippen LogP contribution >= 0.6 is 11.8 Å². The Hall–Kier alpha value is -1.49. The quantitative estimate of drug-likeness (QED) is 0.580. The Kier molecular flexibility index (Phi) is 7.62. The average molecular weight is 338 g/mol. The lowest BCUT2D eigenvalue weighted by Gasteiger charge is -2.33. The first-order valence-electron chi connectivity index (χ1n) is 7.52. The molecule has 1 atom stereocenters. The molecule has 0 spiro atoms. The number of methoxy groups -OCH3 is 1. The zero-order valence-electron chi connectivity index (χ0n) is 14.1. The van der Waals surface area contributed by atoms with E-state index in [1.54, 1.807) is 37.8 Å². The molecule has 0 bridgehead atoms. The SMILES string of the molecule is C=C/C=C(\NC(C#N)(C/N=C1\NCCCS1)COC)C(C)(C)O. The second-order valence-electron chi connectivity index (χ2n) is 5.88. The lowest BCUT2D eigenvalue weighted by molar-refractivity contribution is 0.0943. The minimum absolute atomic E-state index is 0.148. The Labute approximate surface area is 142 Å². The topological polar surface area (TPSA) is 89.7 Å². The Morgan fingerprint density at radius 2 is 2.39 bits per heavy atom. The Bertz CT molecular complexity index is 497. The van der Waals surface area contributed by atoms with Crippen molar-refractivity contribution in [1.82, 2.24) is 10.6 Å². The highest BCUT2D eigenvalue weighted by molar-refractivity contribution is 8.13. The van der Waals surface area contributed by atoms with Crippen LogP contribution in [0.15, 0.2) is 29.4 Å². The van der Waals surface area contributed by atoms with E-state index >= 15 is 0 Å². The molecule has 0 aromatic carbocycles. The number of hydrogen-bond donors (Lipinski definition) is 3. The molecule has 1 aliphatic heterocycles. The first kappa shape index (κ1) is 19.6. The molecular weight excluding hydrogens is 312 g/mol. The number of aliphatic hydroxyl groups is 1. The van der Waals surface area contributed by atoms with Gasteiger partial charge in [0.25, 0.3) is 0 Å². The summed E-state index contributed by atoms with van der Waals surface area (Å²) < 4.78 is 5.21. The van der Waals surface area contributed by atoms with Crippen LogP contribution in [0.4, 0.5) is 0 Å². The molecule has 0 aliphatic carbocycles. The number of nitrogens with one attached hydrogen (secondary N) is 2. The number of aliphatic imine (C=N–C) groups is 1. The average Bonchev–Trinajstić information content (AvgIpc) is 2.52. The predicted octanol–water partition coefficient (Wildman–Crippen LogP) is 1.41. The molecule has 0 saturated carbocycles. The van der Waals surface area contributed by atoms with E-state index in [1.165, 1.54) is 7.11 Å². The lowest BCUT2D eigenvalue weighted by atomic mass is 9.97. The molecule has 1 heterocycles. The monoisotopic (exact) mass is 338 g/mol. The molecule has 1 unspecified atom stereocenters. The number of thioether (sulfide) groups is 1. The third-order valence-corrected chi connectivity index (χ3v) is 4.29. The molecule has 1 saturated heterocycles. The van der Waals surface area contributed by atoms with Crippen LogP contribution in [0.1, 0.15) is 20.3 Å². The molecule has 0 radical (unpaired) electrons. The van der Waals surface area contributed by atoms with Gasteiger partial charge in [0.1, 0.15) is 0 Å². The van der Waals surface area contributed by atoms with Gasteiger partial charge in [-0.05, 0) is 26.3 Å². The minimum Gasteiger partial charge on any atom is -0.384 e. The standard InChI is InChI=1S/C16H26N4O2S/c1-5-7-13(15(2,3)21)20-16(10-17,12-22-4)11-19-14-18-8-6-9-23-14/h5,7,20-21H,1,6,8-9,11-12H2,2-4H3,(H,18,19)/b13-7-. The van der Waals surface area contributed by atoms with Crippen molar-refractivity contribution in [3.8, 4) is 6.07 Å². The van der Waals surface area contributed by atoms with Crippen LogP contribution in [0.5, 0.6) is 0 Å². The Morgan fingerprint density at radius 3 is 2.87 bits per heavy atom. The lowest BCUT2D eigenvalue weighted by Crippen LogP contribution is -2.53. The number of nitriles is 1. The van der Waals surface area contributed by atoms with Gasteiger partial charge in [0.05, 0.1) is 24.8 Å². The van der Waals surface area contributed by atoms with Crippen LogP contribution < -0.4 is 10.6 Å². The number of allylic oxidation sites excluding steroid dienone is 2. The van der Waals surface area contributed by atoms with Gasteiger partial charge in [0.2, 0.25) is 0 Å². The molecule has 0 aromatic heterocycles. The summed E-state index contributed by atoms with van der Waals surface area (Å²) in [7, 11) is 1.54. The van der Waals surface area contributed by atoms with Gasteiger partial charge in [-0.25, -0.2) is 0 Å². The van der Waals surface area contributed by atoms with Gasteiger partial charge in [-0.3, -0.25) is 4.99 Å². The van der Waals surface area contributed by atoms with E-state index in [-0.39, 0.29) is 13.2 Å². The van der Waals surface area contributed by atoms with Crippen molar-refractivity contribution in [3.05, 3.63) is 24.4 Å². The molecule has 6 nitrogen and oxygen atoms in total. The Balaban J connectivity index is 2.99. The fourth-order valence-electron chi connectivity index (χ4n) is 2.03. The highest BCUT2D eigenvalue weighted by Crippen LogP contribution is 2.19. The molecule has 0 aromatic rings. The summed E-state index contributed by atoms with van der Waals surface area (Å²) in [5.41, 5.74) is -1.69. The minimum atomic E-state index is -1.13. The van der Waals surface area contributed by atoms with Crippen LogP contribution in [-0.4, -0.2) is 54.0 Å². The van der Waals surface area contributed by atoms with Crippen molar-refractivity contribution in [3.63, 3.8) is 0 Å². The van der Waals surface area contributed by atoms with Crippen molar-refractivity contribution < 1.29 is 9.84 Å². The number of ether oxygens (including phenoxy) is 1. The third kappa shape index (κ3) is 6.26. The summed E-state index contributed by atoms with van der Waals surface area (Å²) in [4.78, 5) is 4.51. The van der Waals surface area contributed by atoms with Crippen molar-refractivity contribution in [1.29, 1.82) is 5.26 Å². The number of nitrogens with zero attached hydrogens (tertiary/aromatic N) is 2. The smallest absolute Gasteiger partial charge is 0.168 e. The zero-order valence-corrected chi connectivity index (χ0v) is 14.9. The summed E-state index contributed by atoms with van der Waals surface area (Å²) in [6.07, 6.45) is 4.33. The molecule has 3 N–H and O–H groups in total. The summed E-state index contributed by atoms with van der Waals surface area (Å²) in [5.74, 6) is 1.02. The molecule has 1 aliphatic rings. The molecule has 1 fully saturated rings. The maximum atomic E-state index is 10.3. The van der Waals surface area contributed by atoms with Gasteiger partial charge in [-0.2, -0.15) is 5.26 Å². The van der Waals surface area contributed by atoms with E-state index in [4.69, 9.17) is 4.74 Å². The van der Waals surface area contributed by atoms with E-state index in [0.717, 1.165) is 23.9 Å². The zero-order chi connectivity index (χ0) is 17.3. The summed E-state index contributed by atoms with van der Waals surface area (Å²) in [6.45, 7) is 8.21. The largest absolute Gasteiger partial charge is 0.384 e. The highest BCUT2D eigenvalue weighted by Gasteiger charge is 2.34. The van der Waals surface area contributed by atoms with E-state index in [1.807, 2.05) is 0 Å². The van der Waals surface area contributed by atoms with E-state index in [9.17, 15) is 10.4 Å². The Morgan fingerprint density at radius 1 is 1.65 bits per heavy atom. The van der Waals surface area contributed by atoms with Crippen LogP contribution in [0.25, 0.3) is 0 Å².